The third kappa shape index (κ3) is 7.39. The van der Waals surface area contributed by atoms with Crippen molar-refractivity contribution in [3.8, 4) is 0 Å². The molecule has 0 fully saturated rings. The molecule has 2 aromatic rings. The summed E-state index contributed by atoms with van der Waals surface area (Å²) in [4.78, 5) is 12.4. The number of nitrogens with one attached hydrogen (secondary N) is 1. The summed E-state index contributed by atoms with van der Waals surface area (Å²) < 4.78 is 25.9. The van der Waals surface area contributed by atoms with Crippen LogP contribution in [0.15, 0.2) is 48.5 Å². The van der Waals surface area contributed by atoms with Gasteiger partial charge in [0.1, 0.15) is 0 Å². The molecule has 0 aromatic heterocycles. The van der Waals surface area contributed by atoms with Crippen LogP contribution in [0, 0.1) is 0 Å². The predicted molar refractivity (Wildman–Crippen MR) is 129 cm³/mol. The minimum atomic E-state index is -3.42. The molecule has 0 saturated heterocycles. The minimum Gasteiger partial charge on any atom is -0.350 e. The number of benzene rings is 2. The van der Waals surface area contributed by atoms with Crippen molar-refractivity contribution in [1.82, 2.24) is 5.32 Å². The number of hydrogen-bond acceptors (Lipinski definition) is 3. The largest absolute Gasteiger partial charge is 0.350 e. The average molecular weight is 445 g/mol. The molecule has 0 unspecified atom stereocenters. The highest BCUT2D eigenvalue weighted by molar-refractivity contribution is 7.92. The van der Waals surface area contributed by atoms with Crippen LogP contribution < -0.4 is 9.62 Å². The zero-order chi connectivity index (χ0) is 23.2. The maximum atomic E-state index is 12.4. The predicted octanol–water partition coefficient (Wildman–Crippen LogP) is 4.97. The van der Waals surface area contributed by atoms with Gasteiger partial charge in [-0.3, -0.25) is 9.10 Å². The number of aryl methyl sites for hydroxylation is 1. The fraction of sp³-hybridized carbons (Fsp3) is 0.480. The van der Waals surface area contributed by atoms with Crippen LogP contribution in [-0.2, 0) is 26.7 Å². The molecular weight excluding hydrogens is 408 g/mol. The number of rotatable bonds is 9. The van der Waals surface area contributed by atoms with E-state index in [-0.39, 0.29) is 30.3 Å². The van der Waals surface area contributed by atoms with Crippen molar-refractivity contribution < 1.29 is 13.2 Å². The van der Waals surface area contributed by atoms with E-state index in [4.69, 9.17) is 0 Å². The van der Waals surface area contributed by atoms with Crippen molar-refractivity contribution in [3.05, 3.63) is 65.2 Å². The van der Waals surface area contributed by atoms with E-state index >= 15 is 0 Å². The van der Waals surface area contributed by atoms with Crippen molar-refractivity contribution in [1.29, 1.82) is 0 Å². The van der Waals surface area contributed by atoms with Crippen molar-refractivity contribution in [2.24, 2.45) is 0 Å². The van der Waals surface area contributed by atoms with Gasteiger partial charge >= 0.3 is 0 Å². The summed E-state index contributed by atoms with van der Waals surface area (Å²) in [6.07, 6.45) is 2.81. The van der Waals surface area contributed by atoms with Gasteiger partial charge in [0.2, 0.25) is 15.9 Å². The molecule has 0 saturated carbocycles. The Hall–Kier alpha value is -2.34. The molecule has 170 valence electrons. The second kappa shape index (κ2) is 10.3. The zero-order valence-corrected chi connectivity index (χ0v) is 20.4. The van der Waals surface area contributed by atoms with E-state index < -0.39 is 10.0 Å². The molecule has 0 heterocycles. The Balaban J connectivity index is 1.92. The molecule has 0 radical (unpaired) electrons. The molecule has 1 N–H and O–H groups in total. The second-order valence-electron chi connectivity index (χ2n) is 9.12. The van der Waals surface area contributed by atoms with Gasteiger partial charge in [-0.25, -0.2) is 8.42 Å². The van der Waals surface area contributed by atoms with Crippen LogP contribution in [0.5, 0.6) is 0 Å². The first kappa shape index (κ1) is 24.9. The fourth-order valence-corrected chi connectivity index (χ4v) is 4.40. The van der Waals surface area contributed by atoms with Crippen LogP contribution >= 0.6 is 0 Å². The van der Waals surface area contributed by atoms with Crippen LogP contribution in [0.25, 0.3) is 0 Å². The fourth-order valence-electron chi connectivity index (χ4n) is 3.44. The van der Waals surface area contributed by atoms with E-state index in [1.807, 2.05) is 31.2 Å². The first-order chi connectivity index (χ1) is 14.4. The smallest absolute Gasteiger partial charge is 0.232 e. The van der Waals surface area contributed by atoms with Crippen LogP contribution in [0.2, 0.25) is 0 Å². The Bertz CT molecular complexity index is 959. The first-order valence-electron chi connectivity index (χ1n) is 10.9. The number of nitrogens with zero attached hydrogens (tertiary/aromatic N) is 1. The summed E-state index contributed by atoms with van der Waals surface area (Å²) in [6, 6.07) is 15.7. The maximum absolute atomic E-state index is 12.4. The monoisotopic (exact) mass is 444 g/mol. The normalized spacial score (nSPS) is 13.0. The molecule has 6 heteroatoms. The molecule has 1 atom stereocenters. The highest BCUT2D eigenvalue weighted by atomic mass is 32.2. The molecule has 1 amide bonds. The summed E-state index contributed by atoms with van der Waals surface area (Å²) in [5, 5.41) is 3.01. The first-order valence-corrected chi connectivity index (χ1v) is 12.7. The lowest BCUT2D eigenvalue weighted by Crippen LogP contribution is -2.32. The highest BCUT2D eigenvalue weighted by Crippen LogP contribution is 2.24. The number of carbonyl (C=O) groups is 1. The highest BCUT2D eigenvalue weighted by Gasteiger charge is 2.18. The van der Waals surface area contributed by atoms with Crippen LogP contribution in [0.4, 0.5) is 5.69 Å². The Morgan fingerprint density at radius 2 is 1.61 bits per heavy atom. The van der Waals surface area contributed by atoms with Gasteiger partial charge in [-0.05, 0) is 54.0 Å². The topological polar surface area (TPSA) is 66.5 Å². The van der Waals surface area contributed by atoms with Crippen LogP contribution in [-0.4, -0.2) is 27.1 Å². The third-order valence-electron chi connectivity index (χ3n) is 5.45. The second-order valence-corrected chi connectivity index (χ2v) is 11.0. The Morgan fingerprint density at radius 1 is 1.03 bits per heavy atom. The molecule has 2 aromatic carbocycles. The lowest BCUT2D eigenvalue weighted by molar-refractivity contribution is -0.121. The Labute approximate surface area is 187 Å². The van der Waals surface area contributed by atoms with Gasteiger partial charge in [-0.1, -0.05) is 64.1 Å². The summed E-state index contributed by atoms with van der Waals surface area (Å²) in [5.41, 5.74) is 4.18. The van der Waals surface area contributed by atoms with Crippen molar-refractivity contribution >= 4 is 21.6 Å². The Morgan fingerprint density at radius 3 is 2.10 bits per heavy atom. The quantitative estimate of drug-likeness (QED) is 0.594. The van der Waals surface area contributed by atoms with E-state index in [0.717, 1.165) is 17.5 Å². The van der Waals surface area contributed by atoms with E-state index in [1.165, 1.54) is 16.1 Å². The lowest BCUT2D eigenvalue weighted by Gasteiger charge is -2.23. The van der Waals surface area contributed by atoms with Gasteiger partial charge in [0.25, 0.3) is 0 Å². The molecule has 31 heavy (non-hydrogen) atoms. The SMILES string of the molecule is CCc1ccc(N(CCCC(=O)N[C@@H](C)c2ccc(C(C)(C)C)cc2)S(C)(=O)=O)cc1. The van der Waals surface area contributed by atoms with Gasteiger partial charge in [0.15, 0.2) is 0 Å². The standard InChI is InChI=1S/C25H36N2O3S/c1-7-20-10-16-23(17-11-20)27(31(6,29)30)18-8-9-24(28)26-19(2)21-12-14-22(15-13-21)25(3,4)5/h10-17,19H,7-9,18H2,1-6H3,(H,26,28)/t19-/m0/s1. The molecule has 2 rings (SSSR count). The maximum Gasteiger partial charge on any atom is 0.232 e. The molecule has 0 aliphatic heterocycles. The zero-order valence-electron chi connectivity index (χ0n) is 19.6. The number of carbonyl (C=O) groups excluding carboxylic acids is 1. The summed E-state index contributed by atoms with van der Waals surface area (Å²) in [7, 11) is -3.42. The summed E-state index contributed by atoms with van der Waals surface area (Å²) in [6.45, 7) is 10.8. The molecule has 0 bridgehead atoms. The summed E-state index contributed by atoms with van der Waals surface area (Å²) >= 11 is 0. The lowest BCUT2D eigenvalue weighted by atomic mass is 9.86. The van der Waals surface area contributed by atoms with Gasteiger partial charge in [0.05, 0.1) is 18.0 Å². The number of anilines is 1. The number of hydrogen-bond donors (Lipinski definition) is 1. The third-order valence-corrected chi connectivity index (χ3v) is 6.65. The Kier molecular flexibility index (Phi) is 8.29. The van der Waals surface area contributed by atoms with Crippen molar-refractivity contribution in [3.63, 3.8) is 0 Å². The molecular formula is C25H36N2O3S. The van der Waals surface area contributed by atoms with Gasteiger partial charge in [-0.2, -0.15) is 0 Å². The van der Waals surface area contributed by atoms with E-state index in [2.05, 4.69) is 57.3 Å². The molecule has 0 spiro atoms. The van der Waals surface area contributed by atoms with Crippen LogP contribution in [0.1, 0.15) is 70.2 Å². The van der Waals surface area contributed by atoms with E-state index in [9.17, 15) is 13.2 Å². The summed E-state index contributed by atoms with van der Waals surface area (Å²) in [5.74, 6) is -0.0813. The van der Waals surface area contributed by atoms with Gasteiger partial charge in [0, 0.05) is 13.0 Å². The number of sulfonamides is 1. The van der Waals surface area contributed by atoms with E-state index in [1.54, 1.807) is 0 Å². The van der Waals surface area contributed by atoms with Crippen molar-refractivity contribution in [2.75, 3.05) is 17.1 Å². The van der Waals surface area contributed by atoms with Crippen LogP contribution in [0.3, 0.4) is 0 Å². The van der Waals surface area contributed by atoms with Crippen molar-refractivity contribution in [2.45, 2.75) is 65.3 Å². The van der Waals surface area contributed by atoms with Gasteiger partial charge < -0.3 is 5.32 Å². The average Bonchev–Trinajstić information content (AvgIpc) is 2.70. The van der Waals surface area contributed by atoms with Gasteiger partial charge in [-0.15, -0.1) is 0 Å². The number of amides is 1. The molecule has 0 aliphatic carbocycles. The minimum absolute atomic E-state index is 0.0813. The van der Waals surface area contributed by atoms with E-state index in [0.29, 0.717) is 12.1 Å². The molecule has 5 nitrogen and oxygen atoms in total. The molecule has 0 aliphatic rings.